The molecule has 2 aromatic heterocycles. The van der Waals surface area contributed by atoms with Crippen molar-refractivity contribution in [3.8, 4) is 11.3 Å². The van der Waals surface area contributed by atoms with Crippen molar-refractivity contribution in [3.05, 3.63) is 60.6 Å². The van der Waals surface area contributed by atoms with E-state index in [1.807, 2.05) is 0 Å². The number of aromatic nitrogens is 2. The molecule has 0 amide bonds. The highest BCUT2D eigenvalue weighted by molar-refractivity contribution is 7.92. The predicted octanol–water partition coefficient (Wildman–Crippen LogP) is 3.56. The Kier molecular flexibility index (Phi) is 4.21. The number of benzene rings is 1. The summed E-state index contributed by atoms with van der Waals surface area (Å²) in [6.07, 6.45) is -2.14. The second-order valence-electron chi connectivity index (χ2n) is 4.94. The summed E-state index contributed by atoms with van der Waals surface area (Å²) in [5.41, 5.74) is -0.0431. The van der Waals surface area contributed by atoms with Gasteiger partial charge in [0.15, 0.2) is 5.82 Å². The minimum absolute atomic E-state index is 0.0307. The van der Waals surface area contributed by atoms with E-state index >= 15 is 0 Å². The first-order valence-electron chi connectivity index (χ1n) is 6.82. The lowest BCUT2D eigenvalue weighted by Gasteiger charge is -2.08. The van der Waals surface area contributed by atoms with Crippen LogP contribution in [0.2, 0.25) is 0 Å². The number of sulfonamides is 1. The summed E-state index contributed by atoms with van der Waals surface area (Å²) in [7, 11) is -3.84. The number of furan rings is 1. The van der Waals surface area contributed by atoms with E-state index in [1.165, 1.54) is 36.6 Å². The molecule has 2 heterocycles. The number of rotatable bonds is 4. The highest BCUT2D eigenvalue weighted by Crippen LogP contribution is 2.30. The van der Waals surface area contributed by atoms with E-state index in [0.717, 1.165) is 18.4 Å². The van der Waals surface area contributed by atoms with Gasteiger partial charge in [-0.25, -0.2) is 8.42 Å². The number of hydrogen-bond acceptors (Lipinski definition) is 5. The maximum absolute atomic E-state index is 12.5. The number of nitrogens with one attached hydrogen (secondary N) is 1. The molecule has 0 bridgehead atoms. The first-order valence-corrected chi connectivity index (χ1v) is 8.30. The van der Waals surface area contributed by atoms with E-state index in [2.05, 4.69) is 14.9 Å². The van der Waals surface area contributed by atoms with Crippen LogP contribution in [0, 0.1) is 0 Å². The Labute approximate surface area is 140 Å². The normalized spacial score (nSPS) is 12.1. The molecule has 1 aromatic carbocycles. The van der Waals surface area contributed by atoms with E-state index < -0.39 is 21.8 Å². The van der Waals surface area contributed by atoms with E-state index in [9.17, 15) is 21.6 Å². The lowest BCUT2D eigenvalue weighted by molar-refractivity contribution is -0.137. The Morgan fingerprint density at radius 1 is 0.960 bits per heavy atom. The van der Waals surface area contributed by atoms with Crippen LogP contribution in [-0.2, 0) is 16.2 Å². The van der Waals surface area contributed by atoms with Crippen molar-refractivity contribution >= 4 is 15.8 Å². The van der Waals surface area contributed by atoms with Crippen LogP contribution in [-0.4, -0.2) is 18.6 Å². The number of hydrogen-bond donors (Lipinski definition) is 1. The number of halogens is 3. The third-order valence-corrected chi connectivity index (χ3v) is 4.55. The Balaban J connectivity index is 1.79. The van der Waals surface area contributed by atoms with Crippen molar-refractivity contribution in [1.29, 1.82) is 0 Å². The molecule has 0 saturated heterocycles. The van der Waals surface area contributed by atoms with E-state index in [0.29, 0.717) is 11.3 Å². The SMILES string of the molecule is O=S(=O)(Nc1ccc(-c2ccc(C(F)(F)F)cc2)nn1)c1ccoc1. The Morgan fingerprint density at radius 2 is 1.68 bits per heavy atom. The number of anilines is 1. The van der Waals surface area contributed by atoms with Crippen molar-refractivity contribution in [2.24, 2.45) is 0 Å². The van der Waals surface area contributed by atoms with E-state index in [4.69, 9.17) is 4.42 Å². The van der Waals surface area contributed by atoms with Gasteiger partial charge in [0.25, 0.3) is 10.0 Å². The van der Waals surface area contributed by atoms with Gasteiger partial charge in [0, 0.05) is 5.56 Å². The summed E-state index contributed by atoms with van der Waals surface area (Å²) in [4.78, 5) is -0.0684. The highest BCUT2D eigenvalue weighted by Gasteiger charge is 2.30. The van der Waals surface area contributed by atoms with Gasteiger partial charge in [0.2, 0.25) is 0 Å². The van der Waals surface area contributed by atoms with Crippen LogP contribution in [0.4, 0.5) is 19.0 Å². The fraction of sp³-hybridized carbons (Fsp3) is 0.0667. The summed E-state index contributed by atoms with van der Waals surface area (Å²) < 4.78 is 68.6. The van der Waals surface area contributed by atoms with Gasteiger partial charge in [0.1, 0.15) is 11.2 Å². The highest BCUT2D eigenvalue weighted by atomic mass is 32.2. The first kappa shape index (κ1) is 17.0. The molecule has 1 N–H and O–H groups in total. The molecular formula is C15H10F3N3O3S. The van der Waals surface area contributed by atoms with Gasteiger partial charge in [0.05, 0.1) is 17.5 Å². The zero-order chi connectivity index (χ0) is 18.1. The van der Waals surface area contributed by atoms with Crippen molar-refractivity contribution < 1.29 is 26.0 Å². The molecule has 0 aliphatic rings. The summed E-state index contributed by atoms with van der Waals surface area (Å²) in [5, 5.41) is 7.55. The molecule has 0 unspecified atom stereocenters. The molecule has 3 aromatic rings. The van der Waals surface area contributed by atoms with Gasteiger partial charge in [-0.3, -0.25) is 4.72 Å². The van der Waals surface area contributed by atoms with E-state index in [-0.39, 0.29) is 10.7 Å². The Bertz CT molecular complexity index is 952. The molecule has 130 valence electrons. The van der Waals surface area contributed by atoms with Gasteiger partial charge < -0.3 is 4.42 Å². The topological polar surface area (TPSA) is 85.1 Å². The molecule has 6 nitrogen and oxygen atoms in total. The third kappa shape index (κ3) is 3.79. The maximum atomic E-state index is 12.5. The Hall–Kier alpha value is -2.88. The quantitative estimate of drug-likeness (QED) is 0.760. The average Bonchev–Trinajstić information content (AvgIpc) is 3.10. The van der Waals surface area contributed by atoms with Crippen molar-refractivity contribution in [1.82, 2.24) is 10.2 Å². The monoisotopic (exact) mass is 369 g/mol. The van der Waals surface area contributed by atoms with Gasteiger partial charge in [-0.05, 0) is 30.3 Å². The largest absolute Gasteiger partial charge is 0.471 e. The molecule has 0 radical (unpaired) electrons. The fourth-order valence-corrected chi connectivity index (χ4v) is 2.89. The van der Waals surface area contributed by atoms with Crippen molar-refractivity contribution in [2.45, 2.75) is 11.1 Å². The van der Waals surface area contributed by atoms with Crippen LogP contribution in [0.1, 0.15) is 5.56 Å². The number of alkyl halides is 3. The molecule has 10 heteroatoms. The second kappa shape index (κ2) is 6.20. The van der Waals surface area contributed by atoms with Gasteiger partial charge in [-0.1, -0.05) is 12.1 Å². The number of nitrogens with zero attached hydrogens (tertiary/aromatic N) is 2. The zero-order valence-electron chi connectivity index (χ0n) is 12.4. The third-order valence-electron chi connectivity index (χ3n) is 3.22. The van der Waals surface area contributed by atoms with E-state index in [1.54, 1.807) is 0 Å². The van der Waals surface area contributed by atoms with Crippen molar-refractivity contribution in [3.63, 3.8) is 0 Å². The van der Waals surface area contributed by atoms with Crippen LogP contribution in [0.3, 0.4) is 0 Å². The molecule has 0 aliphatic heterocycles. The maximum Gasteiger partial charge on any atom is 0.416 e. The molecule has 0 fully saturated rings. The molecule has 0 spiro atoms. The standard InChI is InChI=1S/C15H10F3N3O3S/c16-15(17,18)11-3-1-10(2-4-11)13-5-6-14(20-19-13)21-25(22,23)12-7-8-24-9-12/h1-9H,(H,20,21). The second-order valence-corrected chi connectivity index (χ2v) is 6.63. The fourth-order valence-electron chi connectivity index (χ4n) is 1.97. The van der Waals surface area contributed by atoms with Crippen LogP contribution in [0.15, 0.2) is 64.3 Å². The molecular weight excluding hydrogens is 359 g/mol. The summed E-state index contributed by atoms with van der Waals surface area (Å²) in [5.74, 6) is -0.0307. The molecule has 3 rings (SSSR count). The van der Waals surface area contributed by atoms with Crippen LogP contribution >= 0.6 is 0 Å². The lowest BCUT2D eigenvalue weighted by atomic mass is 10.1. The van der Waals surface area contributed by atoms with Gasteiger partial charge in [-0.2, -0.15) is 13.2 Å². The van der Waals surface area contributed by atoms with Crippen molar-refractivity contribution in [2.75, 3.05) is 4.72 Å². The van der Waals surface area contributed by atoms with Gasteiger partial charge in [-0.15, -0.1) is 10.2 Å². The molecule has 0 aliphatic carbocycles. The minimum atomic E-state index is -4.42. The average molecular weight is 369 g/mol. The minimum Gasteiger partial charge on any atom is -0.471 e. The van der Waals surface area contributed by atoms with Gasteiger partial charge >= 0.3 is 6.18 Å². The molecule has 0 atom stereocenters. The first-order chi connectivity index (χ1) is 11.8. The lowest BCUT2D eigenvalue weighted by Crippen LogP contribution is -2.13. The predicted molar refractivity (Wildman–Crippen MR) is 82.0 cm³/mol. The zero-order valence-corrected chi connectivity index (χ0v) is 13.2. The van der Waals surface area contributed by atoms with Crippen LogP contribution in [0.25, 0.3) is 11.3 Å². The molecule has 25 heavy (non-hydrogen) atoms. The summed E-state index contributed by atoms with van der Waals surface area (Å²) in [6, 6.07) is 8.48. The molecule has 0 saturated carbocycles. The smallest absolute Gasteiger partial charge is 0.416 e. The van der Waals surface area contributed by atoms with Crippen LogP contribution < -0.4 is 4.72 Å². The van der Waals surface area contributed by atoms with Crippen LogP contribution in [0.5, 0.6) is 0 Å². The Morgan fingerprint density at radius 3 is 2.20 bits per heavy atom. The summed E-state index contributed by atoms with van der Waals surface area (Å²) in [6.45, 7) is 0. The summed E-state index contributed by atoms with van der Waals surface area (Å²) >= 11 is 0.